The number of anilines is 1. The Balaban J connectivity index is 1.74. The Morgan fingerprint density at radius 1 is 1.29 bits per heavy atom. The van der Waals surface area contributed by atoms with E-state index in [-0.39, 0.29) is 12.0 Å². The predicted molar refractivity (Wildman–Crippen MR) is 92.4 cm³/mol. The number of aromatic nitrogens is 2. The van der Waals surface area contributed by atoms with Crippen molar-refractivity contribution in [3.8, 4) is 11.5 Å². The molecule has 6 heteroatoms. The first-order valence-electron chi connectivity index (χ1n) is 7.94. The number of benzene rings is 1. The Labute approximate surface area is 141 Å². The maximum atomic E-state index is 12.4. The second-order valence-corrected chi connectivity index (χ2v) is 5.82. The highest BCUT2D eigenvalue weighted by Gasteiger charge is 2.23. The topological polar surface area (TPSA) is 56.6 Å². The number of hydrogen-bond donors (Lipinski definition) is 0. The lowest BCUT2D eigenvalue weighted by Crippen LogP contribution is -2.27. The number of hydrogen-bond acceptors (Lipinski definition) is 4. The second-order valence-electron chi connectivity index (χ2n) is 5.82. The van der Waals surface area contributed by atoms with Gasteiger partial charge in [0.15, 0.2) is 11.5 Å². The molecule has 0 atom stereocenters. The molecule has 0 saturated heterocycles. The first kappa shape index (κ1) is 16.1. The van der Waals surface area contributed by atoms with E-state index >= 15 is 0 Å². The van der Waals surface area contributed by atoms with Crippen molar-refractivity contribution in [2.24, 2.45) is 0 Å². The zero-order valence-electron chi connectivity index (χ0n) is 14.1. The number of carbonyl (C=O) groups is 1. The van der Waals surface area contributed by atoms with Crippen LogP contribution in [0, 0.1) is 0 Å². The molecule has 1 aliphatic heterocycles. The van der Waals surface area contributed by atoms with E-state index in [9.17, 15) is 4.79 Å². The van der Waals surface area contributed by atoms with Crippen LogP contribution in [0.4, 0.5) is 5.95 Å². The number of imidazole rings is 1. The standard InChI is InChI=1S/C18H21N3O3/c1-13(2)24-15-6-4-14(12-16(15)23-3)5-7-17(22)21-11-10-20-9-8-19-18(20)21/h4-9,12-13H,10-11H2,1-3H3/b7-5+. The fraction of sp³-hybridized carbons (Fsp3) is 0.333. The van der Waals surface area contributed by atoms with Crippen LogP contribution in [-0.4, -0.2) is 35.2 Å². The van der Waals surface area contributed by atoms with Gasteiger partial charge in [0.25, 0.3) is 5.91 Å². The molecule has 0 saturated carbocycles. The van der Waals surface area contributed by atoms with Crippen LogP contribution >= 0.6 is 0 Å². The van der Waals surface area contributed by atoms with Crippen LogP contribution < -0.4 is 14.4 Å². The van der Waals surface area contributed by atoms with Gasteiger partial charge in [-0.1, -0.05) is 6.07 Å². The number of amides is 1. The van der Waals surface area contributed by atoms with Crippen LogP contribution in [-0.2, 0) is 11.3 Å². The van der Waals surface area contributed by atoms with E-state index in [1.165, 1.54) is 0 Å². The summed E-state index contributed by atoms with van der Waals surface area (Å²) in [5.41, 5.74) is 0.874. The predicted octanol–water partition coefficient (Wildman–Crippen LogP) is 2.74. The summed E-state index contributed by atoms with van der Waals surface area (Å²) in [6, 6.07) is 5.60. The van der Waals surface area contributed by atoms with Gasteiger partial charge < -0.3 is 14.0 Å². The van der Waals surface area contributed by atoms with Crippen LogP contribution in [0.1, 0.15) is 19.4 Å². The molecule has 2 heterocycles. The molecule has 1 amide bonds. The molecule has 0 fully saturated rings. The minimum atomic E-state index is -0.0820. The average molecular weight is 327 g/mol. The van der Waals surface area contributed by atoms with Crippen LogP contribution in [0.15, 0.2) is 36.7 Å². The van der Waals surface area contributed by atoms with Gasteiger partial charge in [0.05, 0.1) is 13.2 Å². The van der Waals surface area contributed by atoms with Gasteiger partial charge >= 0.3 is 0 Å². The molecule has 24 heavy (non-hydrogen) atoms. The molecule has 1 aromatic heterocycles. The van der Waals surface area contributed by atoms with Gasteiger partial charge in [-0.25, -0.2) is 4.98 Å². The van der Waals surface area contributed by atoms with Crippen molar-refractivity contribution >= 4 is 17.9 Å². The van der Waals surface area contributed by atoms with Crippen molar-refractivity contribution in [1.82, 2.24) is 9.55 Å². The van der Waals surface area contributed by atoms with Crippen LogP contribution in [0.2, 0.25) is 0 Å². The Morgan fingerprint density at radius 2 is 2.12 bits per heavy atom. The lowest BCUT2D eigenvalue weighted by atomic mass is 10.2. The van der Waals surface area contributed by atoms with Gasteiger partial charge in [0.2, 0.25) is 5.95 Å². The summed E-state index contributed by atoms with van der Waals surface area (Å²) in [6.07, 6.45) is 6.99. The maximum absolute atomic E-state index is 12.4. The third-order valence-corrected chi connectivity index (χ3v) is 3.73. The Bertz CT molecular complexity index is 765. The molecule has 2 aromatic rings. The van der Waals surface area contributed by atoms with Crippen molar-refractivity contribution < 1.29 is 14.3 Å². The van der Waals surface area contributed by atoms with Gasteiger partial charge in [-0.05, 0) is 37.6 Å². The third-order valence-electron chi connectivity index (χ3n) is 3.73. The van der Waals surface area contributed by atoms with Gasteiger partial charge in [-0.15, -0.1) is 0 Å². The summed E-state index contributed by atoms with van der Waals surface area (Å²) in [6.45, 7) is 5.36. The Hall–Kier alpha value is -2.76. The van der Waals surface area contributed by atoms with Crippen molar-refractivity contribution in [3.63, 3.8) is 0 Å². The summed E-state index contributed by atoms with van der Waals surface area (Å²) in [4.78, 5) is 18.3. The van der Waals surface area contributed by atoms with Crippen LogP contribution in [0.25, 0.3) is 6.08 Å². The van der Waals surface area contributed by atoms with Gasteiger partial charge in [-0.3, -0.25) is 9.69 Å². The molecule has 0 aliphatic carbocycles. The molecule has 1 aromatic carbocycles. The minimum absolute atomic E-state index is 0.0702. The van der Waals surface area contributed by atoms with Gasteiger partial charge in [-0.2, -0.15) is 0 Å². The lowest BCUT2D eigenvalue weighted by molar-refractivity contribution is -0.114. The first-order valence-corrected chi connectivity index (χ1v) is 7.94. The van der Waals surface area contributed by atoms with Crippen molar-refractivity contribution in [2.75, 3.05) is 18.6 Å². The zero-order valence-corrected chi connectivity index (χ0v) is 14.1. The molecular formula is C18H21N3O3. The molecule has 0 spiro atoms. The number of methoxy groups -OCH3 is 1. The highest BCUT2D eigenvalue weighted by atomic mass is 16.5. The maximum Gasteiger partial charge on any atom is 0.253 e. The van der Waals surface area contributed by atoms with Crippen molar-refractivity contribution in [3.05, 3.63) is 42.2 Å². The molecule has 0 unspecified atom stereocenters. The summed E-state index contributed by atoms with van der Waals surface area (Å²) in [5, 5.41) is 0. The van der Waals surface area contributed by atoms with E-state index < -0.39 is 0 Å². The number of rotatable bonds is 5. The highest BCUT2D eigenvalue weighted by molar-refractivity contribution is 6.03. The van der Waals surface area contributed by atoms with Crippen molar-refractivity contribution in [2.45, 2.75) is 26.5 Å². The molecular weight excluding hydrogens is 306 g/mol. The van der Waals surface area contributed by atoms with E-state index in [2.05, 4.69) is 4.98 Å². The summed E-state index contributed by atoms with van der Waals surface area (Å²) < 4.78 is 13.0. The summed E-state index contributed by atoms with van der Waals surface area (Å²) in [7, 11) is 1.60. The SMILES string of the molecule is COc1cc(/C=C/C(=O)N2CCn3ccnc32)ccc1OC(C)C. The van der Waals surface area contributed by atoms with E-state index in [0.29, 0.717) is 24.0 Å². The third kappa shape index (κ3) is 3.27. The van der Waals surface area contributed by atoms with Crippen LogP contribution in [0.3, 0.4) is 0 Å². The van der Waals surface area contributed by atoms with E-state index in [4.69, 9.17) is 9.47 Å². The van der Waals surface area contributed by atoms with Gasteiger partial charge in [0.1, 0.15) is 0 Å². The molecule has 0 radical (unpaired) electrons. The first-order chi connectivity index (χ1) is 11.6. The largest absolute Gasteiger partial charge is 0.493 e. The Kier molecular flexibility index (Phi) is 4.55. The summed E-state index contributed by atoms with van der Waals surface area (Å²) in [5.74, 6) is 1.96. The fourth-order valence-corrected chi connectivity index (χ4v) is 2.63. The normalized spacial score (nSPS) is 13.6. The molecule has 0 bridgehead atoms. The van der Waals surface area contributed by atoms with E-state index in [1.807, 2.05) is 42.8 Å². The number of nitrogens with zero attached hydrogens (tertiary/aromatic N) is 3. The lowest BCUT2D eigenvalue weighted by Gasteiger charge is -2.14. The quantitative estimate of drug-likeness (QED) is 0.792. The highest BCUT2D eigenvalue weighted by Crippen LogP contribution is 2.29. The molecule has 6 nitrogen and oxygen atoms in total. The smallest absolute Gasteiger partial charge is 0.253 e. The second kappa shape index (κ2) is 6.78. The minimum Gasteiger partial charge on any atom is -0.493 e. The molecule has 1 aliphatic rings. The monoisotopic (exact) mass is 327 g/mol. The number of ether oxygens (including phenoxy) is 2. The van der Waals surface area contributed by atoms with Crippen LogP contribution in [0.5, 0.6) is 11.5 Å². The Morgan fingerprint density at radius 3 is 2.88 bits per heavy atom. The van der Waals surface area contributed by atoms with Crippen molar-refractivity contribution in [1.29, 1.82) is 0 Å². The molecule has 3 rings (SSSR count). The zero-order chi connectivity index (χ0) is 17.1. The van der Waals surface area contributed by atoms with E-state index in [1.54, 1.807) is 30.4 Å². The fourth-order valence-electron chi connectivity index (χ4n) is 2.63. The average Bonchev–Trinajstić information content (AvgIpc) is 3.16. The summed E-state index contributed by atoms with van der Waals surface area (Å²) >= 11 is 0. The van der Waals surface area contributed by atoms with Gasteiger partial charge in [0, 0.05) is 31.6 Å². The molecule has 126 valence electrons. The van der Waals surface area contributed by atoms with E-state index in [0.717, 1.165) is 12.1 Å². The molecule has 0 N–H and O–H groups in total. The number of carbonyl (C=O) groups excluding carboxylic acids is 1. The number of fused-ring (bicyclic) bond motifs is 1.